The molecule has 0 bridgehead atoms. The Kier molecular flexibility index (Phi) is 5.58. The molecule has 1 fully saturated rings. The molecule has 2 heterocycles. The molecule has 0 unspecified atom stereocenters. The standard InChI is InChI=1S/C22H23N5O/c28-22(20-8-10-21(11-9-20)27-17-23-24-18-27)26-15-13-25(14-16-26)12-4-7-19-5-2-1-3-6-19/h1-11,17-18H,12-16H2/b7-4+. The van der Waals surface area contributed by atoms with Gasteiger partial charge in [-0.05, 0) is 29.8 Å². The quantitative estimate of drug-likeness (QED) is 0.690. The van der Waals surface area contributed by atoms with Crippen LogP contribution in [-0.2, 0) is 0 Å². The second-order valence-corrected chi connectivity index (χ2v) is 6.82. The number of aromatic nitrogens is 3. The normalized spacial score (nSPS) is 15.2. The zero-order valence-corrected chi connectivity index (χ0v) is 15.7. The van der Waals surface area contributed by atoms with Crippen molar-refractivity contribution in [2.24, 2.45) is 0 Å². The van der Waals surface area contributed by atoms with Crippen molar-refractivity contribution in [3.05, 3.63) is 84.5 Å². The van der Waals surface area contributed by atoms with Crippen molar-refractivity contribution in [2.75, 3.05) is 32.7 Å². The summed E-state index contributed by atoms with van der Waals surface area (Å²) in [4.78, 5) is 17.1. The Hall–Kier alpha value is -3.25. The molecule has 1 aromatic heterocycles. The highest BCUT2D eigenvalue weighted by molar-refractivity contribution is 5.94. The highest BCUT2D eigenvalue weighted by Crippen LogP contribution is 2.13. The van der Waals surface area contributed by atoms with Crippen LogP contribution in [0.2, 0.25) is 0 Å². The Labute approximate surface area is 164 Å². The molecule has 0 atom stereocenters. The molecule has 0 N–H and O–H groups in total. The fraction of sp³-hybridized carbons (Fsp3) is 0.227. The van der Waals surface area contributed by atoms with Crippen molar-refractivity contribution >= 4 is 12.0 Å². The lowest BCUT2D eigenvalue weighted by atomic mass is 10.1. The maximum atomic E-state index is 12.8. The lowest BCUT2D eigenvalue weighted by Gasteiger charge is -2.34. The SMILES string of the molecule is O=C(c1ccc(-n2cnnc2)cc1)N1CCN(C/C=C/c2ccccc2)CC1. The molecule has 6 nitrogen and oxygen atoms in total. The first-order valence-electron chi connectivity index (χ1n) is 9.48. The predicted octanol–water partition coefficient (Wildman–Crippen LogP) is 2.74. The van der Waals surface area contributed by atoms with E-state index in [1.54, 1.807) is 12.7 Å². The molecule has 3 aromatic rings. The number of carbonyl (C=O) groups is 1. The number of nitrogens with zero attached hydrogens (tertiary/aromatic N) is 5. The molecule has 1 aliphatic heterocycles. The van der Waals surface area contributed by atoms with Crippen LogP contribution >= 0.6 is 0 Å². The minimum Gasteiger partial charge on any atom is -0.336 e. The van der Waals surface area contributed by atoms with Crippen LogP contribution in [0.5, 0.6) is 0 Å². The molecule has 1 saturated heterocycles. The summed E-state index contributed by atoms with van der Waals surface area (Å²) in [6, 6.07) is 17.9. The van der Waals surface area contributed by atoms with Gasteiger partial charge in [-0.1, -0.05) is 42.5 Å². The minimum absolute atomic E-state index is 0.0924. The molecule has 4 rings (SSSR count). The number of benzene rings is 2. The van der Waals surface area contributed by atoms with E-state index in [0.717, 1.165) is 38.4 Å². The van der Waals surface area contributed by atoms with Gasteiger partial charge in [0.25, 0.3) is 5.91 Å². The summed E-state index contributed by atoms with van der Waals surface area (Å²) in [6.07, 6.45) is 7.62. The van der Waals surface area contributed by atoms with Gasteiger partial charge in [-0.15, -0.1) is 10.2 Å². The van der Waals surface area contributed by atoms with Gasteiger partial charge in [-0.2, -0.15) is 0 Å². The molecule has 0 spiro atoms. The Morgan fingerprint density at radius 1 is 0.893 bits per heavy atom. The van der Waals surface area contributed by atoms with Crippen LogP contribution in [0.15, 0.2) is 73.3 Å². The number of piperazine rings is 1. The Morgan fingerprint density at radius 3 is 2.25 bits per heavy atom. The smallest absolute Gasteiger partial charge is 0.253 e. The second kappa shape index (κ2) is 8.63. The Bertz CT molecular complexity index is 911. The number of carbonyl (C=O) groups excluding carboxylic acids is 1. The van der Waals surface area contributed by atoms with E-state index in [9.17, 15) is 4.79 Å². The maximum absolute atomic E-state index is 12.8. The van der Waals surface area contributed by atoms with Crippen LogP contribution in [0.4, 0.5) is 0 Å². The fourth-order valence-electron chi connectivity index (χ4n) is 3.33. The van der Waals surface area contributed by atoms with Crippen LogP contribution in [0.25, 0.3) is 11.8 Å². The number of amides is 1. The van der Waals surface area contributed by atoms with Gasteiger partial charge >= 0.3 is 0 Å². The van der Waals surface area contributed by atoms with Gasteiger partial charge in [0.2, 0.25) is 0 Å². The number of hydrogen-bond donors (Lipinski definition) is 0. The molecule has 1 amide bonds. The van der Waals surface area contributed by atoms with Gasteiger partial charge in [0, 0.05) is 44.0 Å². The first-order chi connectivity index (χ1) is 13.8. The summed E-state index contributed by atoms with van der Waals surface area (Å²) in [6.45, 7) is 4.20. The molecular formula is C22H23N5O. The molecule has 28 heavy (non-hydrogen) atoms. The lowest BCUT2D eigenvalue weighted by molar-refractivity contribution is 0.0650. The molecule has 0 saturated carbocycles. The molecule has 0 aliphatic carbocycles. The average Bonchev–Trinajstić information content (AvgIpc) is 3.30. The summed E-state index contributed by atoms with van der Waals surface area (Å²) in [7, 11) is 0. The third kappa shape index (κ3) is 4.35. The topological polar surface area (TPSA) is 54.3 Å². The number of hydrogen-bond acceptors (Lipinski definition) is 4. The van der Waals surface area contributed by atoms with Gasteiger partial charge in [0.1, 0.15) is 12.7 Å². The molecule has 1 aliphatic rings. The molecule has 2 aromatic carbocycles. The largest absolute Gasteiger partial charge is 0.336 e. The maximum Gasteiger partial charge on any atom is 0.253 e. The summed E-state index contributed by atoms with van der Waals surface area (Å²) >= 11 is 0. The van der Waals surface area contributed by atoms with Crippen LogP contribution in [-0.4, -0.2) is 63.2 Å². The van der Waals surface area contributed by atoms with Gasteiger partial charge in [-0.25, -0.2) is 0 Å². The first kappa shape index (κ1) is 18.1. The predicted molar refractivity (Wildman–Crippen MR) is 109 cm³/mol. The molecule has 142 valence electrons. The first-order valence-corrected chi connectivity index (χ1v) is 9.48. The van der Waals surface area contributed by atoms with Gasteiger partial charge in [0.05, 0.1) is 0 Å². The third-order valence-corrected chi connectivity index (χ3v) is 4.96. The van der Waals surface area contributed by atoms with E-state index in [0.29, 0.717) is 5.56 Å². The monoisotopic (exact) mass is 373 g/mol. The summed E-state index contributed by atoms with van der Waals surface area (Å²) in [5.41, 5.74) is 2.87. The molecular weight excluding hydrogens is 350 g/mol. The highest BCUT2D eigenvalue weighted by atomic mass is 16.2. The van der Waals surface area contributed by atoms with E-state index in [4.69, 9.17) is 0 Å². The molecule has 0 radical (unpaired) electrons. The highest BCUT2D eigenvalue weighted by Gasteiger charge is 2.21. The van der Waals surface area contributed by atoms with E-state index < -0.39 is 0 Å². The van der Waals surface area contributed by atoms with Crippen molar-refractivity contribution in [3.8, 4) is 5.69 Å². The average molecular weight is 373 g/mol. The van der Waals surface area contributed by atoms with E-state index in [2.05, 4.69) is 39.4 Å². The summed E-state index contributed by atoms with van der Waals surface area (Å²) < 4.78 is 1.82. The third-order valence-electron chi connectivity index (χ3n) is 4.96. The minimum atomic E-state index is 0.0924. The van der Waals surface area contributed by atoms with Crippen molar-refractivity contribution in [2.45, 2.75) is 0 Å². The van der Waals surface area contributed by atoms with Crippen LogP contribution < -0.4 is 0 Å². The van der Waals surface area contributed by atoms with E-state index in [1.807, 2.05) is 51.9 Å². The molecule has 6 heteroatoms. The van der Waals surface area contributed by atoms with Gasteiger partial charge < -0.3 is 4.90 Å². The van der Waals surface area contributed by atoms with Crippen molar-refractivity contribution < 1.29 is 4.79 Å². The Balaban J connectivity index is 1.28. The van der Waals surface area contributed by atoms with Crippen molar-refractivity contribution in [1.82, 2.24) is 24.6 Å². The number of rotatable bonds is 5. The zero-order valence-electron chi connectivity index (χ0n) is 15.7. The van der Waals surface area contributed by atoms with Gasteiger partial charge in [0.15, 0.2) is 0 Å². The van der Waals surface area contributed by atoms with Crippen LogP contribution in [0.3, 0.4) is 0 Å². The lowest BCUT2D eigenvalue weighted by Crippen LogP contribution is -2.48. The summed E-state index contributed by atoms with van der Waals surface area (Å²) in [5, 5.41) is 7.61. The second-order valence-electron chi connectivity index (χ2n) is 6.82. The van der Waals surface area contributed by atoms with E-state index in [1.165, 1.54) is 5.56 Å². The van der Waals surface area contributed by atoms with Crippen LogP contribution in [0, 0.1) is 0 Å². The van der Waals surface area contributed by atoms with Crippen molar-refractivity contribution in [1.29, 1.82) is 0 Å². The van der Waals surface area contributed by atoms with Crippen LogP contribution in [0.1, 0.15) is 15.9 Å². The van der Waals surface area contributed by atoms with Crippen molar-refractivity contribution in [3.63, 3.8) is 0 Å². The van der Waals surface area contributed by atoms with Gasteiger partial charge in [-0.3, -0.25) is 14.3 Å². The Morgan fingerprint density at radius 2 is 1.57 bits per heavy atom. The summed E-state index contributed by atoms with van der Waals surface area (Å²) in [5.74, 6) is 0.0924. The zero-order chi connectivity index (χ0) is 19.2. The van der Waals surface area contributed by atoms with E-state index in [-0.39, 0.29) is 5.91 Å². The van der Waals surface area contributed by atoms with E-state index >= 15 is 0 Å². The fourth-order valence-corrected chi connectivity index (χ4v) is 3.33.